The fourth-order valence-corrected chi connectivity index (χ4v) is 5.04. The third-order valence-electron chi connectivity index (χ3n) is 7.03. The van der Waals surface area contributed by atoms with Gasteiger partial charge in [-0.1, -0.05) is 72.8 Å². The Bertz CT molecular complexity index is 1910. The summed E-state index contributed by atoms with van der Waals surface area (Å²) >= 11 is 0. The molecule has 6 nitrogen and oxygen atoms in total. The Hall–Kier alpha value is -5.36. The number of benzene rings is 3. The number of aromatic nitrogens is 6. The van der Waals surface area contributed by atoms with Crippen LogP contribution in [0.3, 0.4) is 0 Å². The Morgan fingerprint density at radius 1 is 0.233 bits per heavy atom. The molecule has 43 heavy (non-hydrogen) atoms. The van der Waals surface area contributed by atoms with E-state index in [1.54, 1.807) is 37.2 Å². The van der Waals surface area contributed by atoms with Gasteiger partial charge in [0.2, 0.25) is 0 Å². The van der Waals surface area contributed by atoms with Crippen LogP contribution in [0.1, 0.15) is 0 Å². The zero-order valence-electron chi connectivity index (χ0n) is 22.8. The van der Waals surface area contributed by atoms with Gasteiger partial charge in [-0.25, -0.2) is 0 Å². The van der Waals surface area contributed by atoms with Crippen LogP contribution in [0.2, 0.25) is 0 Å². The number of hydrogen-bond donors (Lipinski definition) is 0. The molecule has 0 fully saturated rings. The number of pyridine rings is 6. The Labute approximate surface area is 258 Å². The third-order valence-corrected chi connectivity index (χ3v) is 7.03. The summed E-state index contributed by atoms with van der Waals surface area (Å²) in [4.78, 5) is 26.1. The molecule has 0 saturated heterocycles. The maximum absolute atomic E-state index is 4.35. The van der Waals surface area contributed by atoms with Gasteiger partial charge in [0.25, 0.3) is 0 Å². The largest absolute Gasteiger partial charge is 2.00 e. The summed E-state index contributed by atoms with van der Waals surface area (Å²) in [6, 6.07) is 36.4. The standard InChI is InChI=1S/3C12H8N2.Cu/c3*1-3-9-5-6-10-4-2-8-14-12(10)11(9)13-7-1;/h3*1-8H;/q;;;+2. The van der Waals surface area contributed by atoms with Crippen molar-refractivity contribution >= 4 is 65.4 Å². The molecule has 0 atom stereocenters. The predicted octanol–water partition coefficient (Wildman–Crippen LogP) is 8.35. The summed E-state index contributed by atoms with van der Waals surface area (Å²) in [7, 11) is 0. The van der Waals surface area contributed by atoms with Crippen LogP contribution in [0.15, 0.2) is 146 Å². The molecule has 6 heterocycles. The molecule has 0 amide bonds. The summed E-state index contributed by atoms with van der Waals surface area (Å²) < 4.78 is 0. The third kappa shape index (κ3) is 5.72. The quantitative estimate of drug-likeness (QED) is 0.128. The summed E-state index contributed by atoms with van der Waals surface area (Å²) in [5.41, 5.74) is 5.86. The summed E-state index contributed by atoms with van der Waals surface area (Å²) in [6.07, 6.45) is 10.8. The van der Waals surface area contributed by atoms with Crippen LogP contribution < -0.4 is 0 Å². The van der Waals surface area contributed by atoms with Gasteiger partial charge in [-0.2, -0.15) is 0 Å². The average molecular weight is 604 g/mol. The minimum absolute atomic E-state index is 0. The van der Waals surface area contributed by atoms with Crippen LogP contribution in [0.25, 0.3) is 65.4 Å². The van der Waals surface area contributed by atoms with Crippen LogP contribution >= 0.6 is 0 Å². The smallest absolute Gasteiger partial charge is 0.254 e. The molecule has 0 spiro atoms. The van der Waals surface area contributed by atoms with Crippen LogP contribution in [-0.4, -0.2) is 29.9 Å². The van der Waals surface area contributed by atoms with Crippen LogP contribution in [-0.2, 0) is 17.1 Å². The van der Waals surface area contributed by atoms with E-state index < -0.39 is 0 Å². The van der Waals surface area contributed by atoms with E-state index in [4.69, 9.17) is 0 Å². The first-order valence-electron chi connectivity index (χ1n) is 13.6. The molecule has 3 aromatic carbocycles. The molecule has 6 aromatic heterocycles. The first kappa shape index (κ1) is 27.8. The topological polar surface area (TPSA) is 77.3 Å². The van der Waals surface area contributed by atoms with Crippen molar-refractivity contribution in [3.63, 3.8) is 0 Å². The summed E-state index contributed by atoms with van der Waals surface area (Å²) in [5.74, 6) is 0. The van der Waals surface area contributed by atoms with E-state index in [1.165, 1.54) is 0 Å². The van der Waals surface area contributed by atoms with E-state index in [0.717, 1.165) is 65.4 Å². The number of nitrogens with zero attached hydrogens (tertiary/aromatic N) is 6. The Balaban J connectivity index is 0.000000113. The van der Waals surface area contributed by atoms with Crippen LogP contribution in [0.4, 0.5) is 0 Å². The van der Waals surface area contributed by atoms with Gasteiger partial charge in [0.1, 0.15) is 0 Å². The molecule has 0 bridgehead atoms. The van der Waals surface area contributed by atoms with Crippen molar-refractivity contribution in [2.45, 2.75) is 0 Å². The predicted molar refractivity (Wildman–Crippen MR) is 171 cm³/mol. The van der Waals surface area contributed by atoms with Crippen molar-refractivity contribution in [2.75, 3.05) is 0 Å². The van der Waals surface area contributed by atoms with Crippen molar-refractivity contribution in [1.82, 2.24) is 29.9 Å². The monoisotopic (exact) mass is 603 g/mol. The second kappa shape index (κ2) is 12.7. The van der Waals surface area contributed by atoms with Crippen molar-refractivity contribution in [3.05, 3.63) is 146 Å². The van der Waals surface area contributed by atoms with Gasteiger partial charge < -0.3 is 0 Å². The Morgan fingerprint density at radius 3 is 0.558 bits per heavy atom. The fraction of sp³-hybridized carbons (Fsp3) is 0. The van der Waals surface area contributed by atoms with Gasteiger partial charge in [0, 0.05) is 69.5 Å². The molecule has 9 aromatic rings. The first-order chi connectivity index (χ1) is 20.8. The first-order valence-corrected chi connectivity index (χ1v) is 13.6. The molecule has 9 rings (SSSR count). The normalized spacial score (nSPS) is 10.6. The van der Waals surface area contributed by atoms with Gasteiger partial charge >= 0.3 is 17.1 Å². The number of fused-ring (bicyclic) bond motifs is 9. The second-order valence-electron chi connectivity index (χ2n) is 9.65. The van der Waals surface area contributed by atoms with Crippen LogP contribution in [0, 0.1) is 0 Å². The Kier molecular flexibility index (Phi) is 8.18. The minimum atomic E-state index is 0. The molecule has 7 heteroatoms. The SMILES string of the molecule is [Cu+2].c1cnc2c(c1)ccc1cccnc12.c1cnc2c(c1)ccc1cccnc12.c1cnc2c(c1)ccc1cccnc12. The molecular weight excluding hydrogens is 580 g/mol. The molecule has 0 aliphatic rings. The fourth-order valence-electron chi connectivity index (χ4n) is 5.04. The molecule has 0 unspecified atom stereocenters. The van der Waals surface area contributed by atoms with Crippen molar-refractivity contribution in [3.8, 4) is 0 Å². The van der Waals surface area contributed by atoms with E-state index in [9.17, 15) is 0 Å². The molecule has 0 aliphatic heterocycles. The minimum Gasteiger partial charge on any atom is -0.254 e. The second-order valence-corrected chi connectivity index (χ2v) is 9.65. The zero-order chi connectivity index (χ0) is 28.1. The van der Waals surface area contributed by atoms with E-state index in [-0.39, 0.29) is 17.1 Å². The molecule has 0 saturated carbocycles. The van der Waals surface area contributed by atoms with Gasteiger partial charge in [-0.05, 0) is 36.4 Å². The van der Waals surface area contributed by atoms with Crippen molar-refractivity contribution < 1.29 is 17.1 Å². The number of rotatable bonds is 0. The van der Waals surface area contributed by atoms with Gasteiger partial charge in [-0.3, -0.25) is 29.9 Å². The van der Waals surface area contributed by atoms with Crippen LogP contribution in [0.5, 0.6) is 0 Å². The Morgan fingerprint density at radius 2 is 0.395 bits per heavy atom. The maximum Gasteiger partial charge on any atom is 2.00 e. The van der Waals surface area contributed by atoms with Gasteiger partial charge in [-0.15, -0.1) is 0 Å². The molecule has 0 N–H and O–H groups in total. The van der Waals surface area contributed by atoms with Crippen molar-refractivity contribution in [1.29, 1.82) is 0 Å². The molecular formula is C36H24CuN6+2. The van der Waals surface area contributed by atoms with E-state index in [2.05, 4.69) is 103 Å². The summed E-state index contributed by atoms with van der Waals surface area (Å²) in [5, 5.41) is 6.83. The van der Waals surface area contributed by atoms with E-state index in [0.29, 0.717) is 0 Å². The van der Waals surface area contributed by atoms with E-state index >= 15 is 0 Å². The van der Waals surface area contributed by atoms with Gasteiger partial charge in [0.15, 0.2) is 0 Å². The molecule has 0 aliphatic carbocycles. The van der Waals surface area contributed by atoms with Gasteiger partial charge in [0.05, 0.1) is 33.1 Å². The molecule has 1 radical (unpaired) electrons. The number of hydrogen-bond acceptors (Lipinski definition) is 6. The maximum atomic E-state index is 4.35. The molecule has 207 valence electrons. The van der Waals surface area contributed by atoms with Crippen molar-refractivity contribution in [2.24, 2.45) is 0 Å². The summed E-state index contributed by atoms with van der Waals surface area (Å²) in [6.45, 7) is 0. The van der Waals surface area contributed by atoms with E-state index in [1.807, 2.05) is 36.4 Å². The zero-order valence-corrected chi connectivity index (χ0v) is 23.8. The average Bonchev–Trinajstić information content (AvgIpc) is 3.09.